The number of benzene rings is 2. The highest BCUT2D eigenvalue weighted by Crippen LogP contribution is 2.48. The largest absolute Gasteiger partial charge is 0.260 e. The number of hydrogen-bond acceptors (Lipinski definition) is 2. The van der Waals surface area contributed by atoms with Gasteiger partial charge < -0.3 is 0 Å². The Morgan fingerprint density at radius 3 is 2.55 bits per heavy atom. The van der Waals surface area contributed by atoms with Gasteiger partial charge in [-0.2, -0.15) is 5.26 Å². The second-order valence-corrected chi connectivity index (χ2v) is 6.16. The number of nitrogens with zero attached hydrogens (tertiary/aromatic N) is 2. The second kappa shape index (κ2) is 4.78. The fourth-order valence-corrected chi connectivity index (χ4v) is 3.68. The lowest BCUT2D eigenvalue weighted by atomic mass is 9.80. The molecule has 0 unspecified atom stereocenters. The zero-order valence-electron chi connectivity index (χ0n) is 12.1. The van der Waals surface area contributed by atoms with Crippen LogP contribution in [-0.4, -0.2) is 6.21 Å². The van der Waals surface area contributed by atoms with E-state index in [1.54, 1.807) is 12.1 Å². The molecule has 2 aromatic rings. The third kappa shape index (κ3) is 1.88. The smallest absolute Gasteiger partial charge is 0.140 e. The Balaban J connectivity index is 1.81. The molecular weight excluding hydrogens is 275 g/mol. The Bertz CT molecular complexity index is 824. The summed E-state index contributed by atoms with van der Waals surface area (Å²) >= 11 is 0. The van der Waals surface area contributed by atoms with Gasteiger partial charge in [-0.3, -0.25) is 4.99 Å². The summed E-state index contributed by atoms with van der Waals surface area (Å²) in [6.45, 7) is 0. The van der Waals surface area contributed by atoms with Gasteiger partial charge in [-0.15, -0.1) is 0 Å². The van der Waals surface area contributed by atoms with E-state index >= 15 is 0 Å². The van der Waals surface area contributed by atoms with Crippen molar-refractivity contribution in [2.45, 2.75) is 31.1 Å². The maximum atomic E-state index is 13.5. The van der Waals surface area contributed by atoms with E-state index in [-0.39, 0.29) is 11.0 Å². The number of aliphatic imine (C=N–C) groups is 1. The summed E-state index contributed by atoms with van der Waals surface area (Å²) in [5.41, 5.74) is 4.42. The predicted molar refractivity (Wildman–Crippen MR) is 84.8 cm³/mol. The molecule has 3 heteroatoms. The summed E-state index contributed by atoms with van der Waals surface area (Å²) in [4.78, 5) is 4.58. The highest BCUT2D eigenvalue weighted by atomic mass is 19.1. The van der Waals surface area contributed by atoms with E-state index in [0.717, 1.165) is 29.7 Å². The Hall–Kier alpha value is -2.47. The predicted octanol–water partition coefficient (Wildman–Crippen LogP) is 4.89. The number of hydrogen-bond donors (Lipinski definition) is 0. The van der Waals surface area contributed by atoms with E-state index in [1.165, 1.54) is 24.5 Å². The van der Waals surface area contributed by atoms with Gasteiger partial charge in [0.1, 0.15) is 11.9 Å². The van der Waals surface area contributed by atoms with Crippen LogP contribution in [0.5, 0.6) is 0 Å². The lowest BCUT2D eigenvalue weighted by Gasteiger charge is -2.21. The summed E-state index contributed by atoms with van der Waals surface area (Å²) in [6.07, 6.45) is 6.90. The molecule has 1 aliphatic carbocycles. The lowest BCUT2D eigenvalue weighted by Crippen LogP contribution is -2.20. The van der Waals surface area contributed by atoms with Crippen LogP contribution in [0.4, 0.5) is 10.1 Å². The van der Waals surface area contributed by atoms with Crippen molar-refractivity contribution in [1.82, 2.24) is 0 Å². The molecule has 1 fully saturated rings. The molecule has 0 bridgehead atoms. The third-order valence-corrected chi connectivity index (χ3v) is 4.90. The summed E-state index contributed by atoms with van der Waals surface area (Å²) in [5, 5.41) is 9.00. The minimum absolute atomic E-state index is 0.0878. The first kappa shape index (κ1) is 13.2. The molecular formula is C19H15FN2. The summed E-state index contributed by atoms with van der Waals surface area (Å²) in [6, 6.07) is 12.8. The molecule has 2 aliphatic rings. The first-order chi connectivity index (χ1) is 10.7. The maximum Gasteiger partial charge on any atom is 0.140 e. The fourth-order valence-electron chi connectivity index (χ4n) is 3.68. The molecule has 2 nitrogen and oxygen atoms in total. The van der Waals surface area contributed by atoms with Gasteiger partial charge in [0.2, 0.25) is 0 Å². The van der Waals surface area contributed by atoms with Crippen LogP contribution in [0.3, 0.4) is 0 Å². The van der Waals surface area contributed by atoms with E-state index in [4.69, 9.17) is 5.26 Å². The maximum absolute atomic E-state index is 13.5. The van der Waals surface area contributed by atoms with Crippen LogP contribution >= 0.6 is 0 Å². The van der Waals surface area contributed by atoms with E-state index in [1.807, 2.05) is 18.2 Å². The number of nitriles is 1. The van der Waals surface area contributed by atoms with E-state index in [2.05, 4.69) is 17.3 Å². The molecule has 0 amide bonds. The molecule has 1 aliphatic heterocycles. The molecule has 0 radical (unpaired) electrons. The first-order valence-electron chi connectivity index (χ1n) is 7.62. The number of halogens is 1. The SMILES string of the molecule is N#Cc1cc(-c2ccc3c(c2)C2(C=N3)CCCC2)ccc1F. The minimum Gasteiger partial charge on any atom is -0.260 e. The minimum atomic E-state index is -0.469. The lowest BCUT2D eigenvalue weighted by molar-refractivity contribution is 0.623. The van der Waals surface area contributed by atoms with Gasteiger partial charge in [0, 0.05) is 11.6 Å². The zero-order chi connectivity index (χ0) is 15.2. The van der Waals surface area contributed by atoms with Crippen LogP contribution < -0.4 is 0 Å². The van der Waals surface area contributed by atoms with Gasteiger partial charge in [0.25, 0.3) is 0 Å². The Kier molecular flexibility index (Phi) is 2.87. The van der Waals surface area contributed by atoms with Gasteiger partial charge >= 0.3 is 0 Å². The standard InChI is InChI=1S/C19H15FN2/c20-17-5-3-13(9-15(17)11-21)14-4-6-18-16(10-14)19(12-22-18)7-1-2-8-19/h3-6,9-10,12H,1-2,7-8H2. The van der Waals surface area contributed by atoms with Crippen LogP contribution in [0.2, 0.25) is 0 Å². The molecule has 22 heavy (non-hydrogen) atoms. The highest BCUT2D eigenvalue weighted by Gasteiger charge is 2.39. The Morgan fingerprint density at radius 2 is 1.77 bits per heavy atom. The Morgan fingerprint density at radius 1 is 1.05 bits per heavy atom. The van der Waals surface area contributed by atoms with Gasteiger partial charge in [-0.05, 0) is 53.8 Å². The van der Waals surface area contributed by atoms with Crippen molar-refractivity contribution in [3.8, 4) is 17.2 Å². The van der Waals surface area contributed by atoms with Crippen LogP contribution in [0.1, 0.15) is 36.8 Å². The van der Waals surface area contributed by atoms with Crippen LogP contribution in [0, 0.1) is 17.1 Å². The molecule has 4 rings (SSSR count). The topological polar surface area (TPSA) is 36.1 Å². The average molecular weight is 290 g/mol. The van der Waals surface area contributed by atoms with Crippen molar-refractivity contribution in [1.29, 1.82) is 5.26 Å². The normalized spacial score (nSPS) is 17.6. The molecule has 1 heterocycles. The van der Waals surface area contributed by atoms with Crippen molar-refractivity contribution in [2.24, 2.45) is 4.99 Å². The van der Waals surface area contributed by atoms with Gasteiger partial charge in [0.15, 0.2) is 0 Å². The van der Waals surface area contributed by atoms with Gasteiger partial charge in [0.05, 0.1) is 11.3 Å². The molecule has 0 aromatic heterocycles. The molecule has 0 atom stereocenters. The monoisotopic (exact) mass is 290 g/mol. The zero-order valence-corrected chi connectivity index (χ0v) is 12.1. The van der Waals surface area contributed by atoms with Crippen LogP contribution in [0.25, 0.3) is 11.1 Å². The molecule has 1 spiro atoms. The Labute approximate surface area is 128 Å². The molecule has 0 saturated heterocycles. The van der Waals surface area contributed by atoms with Crippen molar-refractivity contribution in [3.05, 3.63) is 53.3 Å². The van der Waals surface area contributed by atoms with Crippen LogP contribution in [-0.2, 0) is 5.41 Å². The molecule has 2 aromatic carbocycles. The van der Waals surface area contributed by atoms with Gasteiger partial charge in [-0.25, -0.2) is 4.39 Å². The van der Waals surface area contributed by atoms with E-state index < -0.39 is 5.82 Å². The fraction of sp³-hybridized carbons (Fsp3) is 0.263. The first-order valence-corrected chi connectivity index (χ1v) is 7.62. The third-order valence-electron chi connectivity index (χ3n) is 4.90. The van der Waals surface area contributed by atoms with Crippen molar-refractivity contribution < 1.29 is 4.39 Å². The molecule has 108 valence electrons. The van der Waals surface area contributed by atoms with Crippen LogP contribution in [0.15, 0.2) is 41.4 Å². The average Bonchev–Trinajstić information content (AvgIpc) is 3.17. The summed E-state index contributed by atoms with van der Waals surface area (Å²) in [7, 11) is 0. The van der Waals surface area contributed by atoms with Crippen molar-refractivity contribution >= 4 is 11.9 Å². The molecule has 0 N–H and O–H groups in total. The quantitative estimate of drug-likeness (QED) is 0.736. The number of fused-ring (bicyclic) bond motifs is 2. The molecule has 1 saturated carbocycles. The summed E-state index contributed by atoms with van der Waals surface area (Å²) in [5.74, 6) is -0.469. The van der Waals surface area contributed by atoms with Crippen molar-refractivity contribution in [3.63, 3.8) is 0 Å². The summed E-state index contributed by atoms with van der Waals surface area (Å²) < 4.78 is 13.5. The number of rotatable bonds is 1. The van der Waals surface area contributed by atoms with E-state index in [0.29, 0.717) is 0 Å². The van der Waals surface area contributed by atoms with Crippen molar-refractivity contribution in [2.75, 3.05) is 0 Å². The van der Waals surface area contributed by atoms with Gasteiger partial charge in [-0.1, -0.05) is 25.0 Å². The highest BCUT2D eigenvalue weighted by molar-refractivity contribution is 5.87. The van der Waals surface area contributed by atoms with E-state index in [9.17, 15) is 4.39 Å². The second-order valence-electron chi connectivity index (χ2n) is 6.16.